The van der Waals surface area contributed by atoms with Crippen molar-refractivity contribution in [2.45, 2.75) is 25.7 Å². The van der Waals surface area contributed by atoms with Crippen molar-refractivity contribution in [2.24, 2.45) is 0 Å². The van der Waals surface area contributed by atoms with E-state index >= 15 is 0 Å². The number of hydrogen-bond acceptors (Lipinski definition) is 3. The summed E-state index contributed by atoms with van der Waals surface area (Å²) in [6.45, 7) is 0. The molecule has 0 aliphatic rings. The summed E-state index contributed by atoms with van der Waals surface area (Å²) in [5.74, 6) is 2.54. The summed E-state index contributed by atoms with van der Waals surface area (Å²) >= 11 is 4.68. The molecule has 0 bridgehead atoms. The monoisotopic (exact) mass is 286 g/mol. The van der Waals surface area contributed by atoms with E-state index in [1.54, 1.807) is 6.20 Å². The molecule has 3 nitrogen and oxygen atoms in total. The molecule has 0 saturated heterocycles. The zero-order valence-corrected chi connectivity index (χ0v) is 10.5. The summed E-state index contributed by atoms with van der Waals surface area (Å²) in [4.78, 5) is 15.4. The normalized spacial score (nSPS) is 9.60. The van der Waals surface area contributed by atoms with Gasteiger partial charge in [-0.15, -0.1) is 12.3 Å². The number of rotatable bonds is 5. The van der Waals surface area contributed by atoms with Crippen molar-refractivity contribution in [1.82, 2.24) is 4.98 Å². The number of unbranched alkanes of at least 4 members (excludes halogenated alkanes) is 2. The van der Waals surface area contributed by atoms with Gasteiger partial charge >= 0.3 is 0 Å². The van der Waals surface area contributed by atoms with Gasteiger partial charge in [0, 0.05) is 12.8 Å². The number of carbonyl (C=O) groups is 1. The zero-order chi connectivity index (χ0) is 11.1. The third kappa shape index (κ3) is 4.96. The van der Waals surface area contributed by atoms with Crippen LogP contribution in [0.4, 0.5) is 5.13 Å². The maximum atomic E-state index is 11.4. The van der Waals surface area contributed by atoms with Crippen LogP contribution in [-0.4, -0.2) is 10.9 Å². The molecular weight excluding hydrogens is 276 g/mol. The summed E-state index contributed by atoms with van der Waals surface area (Å²) < 4.78 is 0.908. The van der Waals surface area contributed by atoms with E-state index in [9.17, 15) is 4.79 Å². The summed E-state index contributed by atoms with van der Waals surface area (Å²) in [7, 11) is 0. The fourth-order valence-electron chi connectivity index (χ4n) is 1.01. The lowest BCUT2D eigenvalue weighted by molar-refractivity contribution is -0.116. The predicted octanol–water partition coefficient (Wildman–Crippen LogP) is 3.04. The molecule has 0 spiro atoms. The molecule has 1 aromatic heterocycles. The van der Waals surface area contributed by atoms with E-state index < -0.39 is 0 Å². The molecule has 0 aliphatic carbocycles. The standard InChI is InChI=1S/C10H11BrN2OS/c1-2-3-4-5-6-9(14)13-10-12-7-8(11)15-10/h1,7H,3-6H2,(H,12,13,14). The molecule has 1 heterocycles. The van der Waals surface area contributed by atoms with Gasteiger partial charge in [-0.05, 0) is 28.8 Å². The molecule has 80 valence electrons. The number of nitrogens with zero attached hydrogens (tertiary/aromatic N) is 1. The molecule has 0 unspecified atom stereocenters. The number of thiazole rings is 1. The quantitative estimate of drug-likeness (QED) is 0.668. The minimum Gasteiger partial charge on any atom is -0.302 e. The van der Waals surface area contributed by atoms with Crippen molar-refractivity contribution < 1.29 is 4.79 Å². The number of anilines is 1. The Labute approximate surface area is 101 Å². The lowest BCUT2D eigenvalue weighted by atomic mass is 10.2. The summed E-state index contributed by atoms with van der Waals surface area (Å²) in [5, 5.41) is 3.36. The molecule has 0 radical (unpaired) electrons. The van der Waals surface area contributed by atoms with E-state index in [4.69, 9.17) is 6.42 Å². The van der Waals surface area contributed by atoms with E-state index in [0.29, 0.717) is 11.6 Å². The van der Waals surface area contributed by atoms with Crippen molar-refractivity contribution in [3.63, 3.8) is 0 Å². The van der Waals surface area contributed by atoms with Crippen LogP contribution in [0, 0.1) is 12.3 Å². The number of halogens is 1. The third-order valence-corrected chi connectivity index (χ3v) is 3.09. The van der Waals surface area contributed by atoms with E-state index in [2.05, 4.69) is 32.2 Å². The minimum absolute atomic E-state index is 0.00567. The molecule has 0 fully saturated rings. The molecule has 1 rings (SSSR count). The van der Waals surface area contributed by atoms with Crippen LogP contribution in [0.25, 0.3) is 0 Å². The van der Waals surface area contributed by atoms with Crippen molar-refractivity contribution in [3.05, 3.63) is 9.98 Å². The van der Waals surface area contributed by atoms with E-state index in [-0.39, 0.29) is 5.91 Å². The molecule has 1 N–H and O–H groups in total. The Hall–Kier alpha value is -0.860. The second-order valence-electron chi connectivity index (χ2n) is 2.93. The van der Waals surface area contributed by atoms with E-state index in [1.807, 2.05) is 0 Å². The summed E-state index contributed by atoms with van der Waals surface area (Å²) in [5.41, 5.74) is 0. The molecule has 15 heavy (non-hydrogen) atoms. The number of aromatic nitrogens is 1. The molecule has 5 heteroatoms. The average molecular weight is 287 g/mol. The molecule has 1 amide bonds. The van der Waals surface area contributed by atoms with Crippen LogP contribution in [-0.2, 0) is 4.79 Å². The van der Waals surface area contributed by atoms with Crippen LogP contribution in [0.5, 0.6) is 0 Å². The fourth-order valence-corrected chi connectivity index (χ4v) is 2.13. The second kappa shape index (κ2) is 6.59. The summed E-state index contributed by atoms with van der Waals surface area (Å²) in [6.07, 6.45) is 9.72. The number of amides is 1. The molecule has 0 aromatic carbocycles. The third-order valence-electron chi connectivity index (χ3n) is 1.70. The number of carbonyl (C=O) groups excluding carboxylic acids is 1. The highest BCUT2D eigenvalue weighted by Gasteiger charge is 2.04. The largest absolute Gasteiger partial charge is 0.302 e. The van der Waals surface area contributed by atoms with Gasteiger partial charge in [0.05, 0.1) is 9.98 Å². The van der Waals surface area contributed by atoms with Crippen LogP contribution >= 0.6 is 27.3 Å². The second-order valence-corrected chi connectivity index (χ2v) is 5.34. The highest BCUT2D eigenvalue weighted by atomic mass is 79.9. The Kier molecular flexibility index (Phi) is 5.37. The average Bonchev–Trinajstić information content (AvgIpc) is 2.59. The SMILES string of the molecule is C#CCCCCC(=O)Nc1ncc(Br)s1. The first kappa shape index (κ1) is 12.2. The Bertz CT molecular complexity index is 370. The number of terminal acetylenes is 1. The Morgan fingerprint density at radius 2 is 2.47 bits per heavy atom. The van der Waals surface area contributed by atoms with Gasteiger partial charge in [-0.25, -0.2) is 4.98 Å². The first-order valence-corrected chi connectivity index (χ1v) is 6.18. The zero-order valence-electron chi connectivity index (χ0n) is 8.12. The Morgan fingerprint density at radius 3 is 3.07 bits per heavy atom. The summed E-state index contributed by atoms with van der Waals surface area (Å²) in [6, 6.07) is 0. The minimum atomic E-state index is -0.00567. The molecular formula is C10H11BrN2OS. The van der Waals surface area contributed by atoms with Gasteiger partial charge in [0.15, 0.2) is 5.13 Å². The first-order chi connectivity index (χ1) is 7.22. The molecule has 0 atom stereocenters. The van der Waals surface area contributed by atoms with Crippen LogP contribution in [0.2, 0.25) is 0 Å². The van der Waals surface area contributed by atoms with Gasteiger partial charge in [-0.2, -0.15) is 0 Å². The lowest BCUT2D eigenvalue weighted by Crippen LogP contribution is -2.10. The van der Waals surface area contributed by atoms with Crippen LogP contribution in [0.15, 0.2) is 9.98 Å². The predicted molar refractivity (Wildman–Crippen MR) is 65.7 cm³/mol. The topological polar surface area (TPSA) is 42.0 Å². The van der Waals surface area contributed by atoms with Crippen molar-refractivity contribution >= 4 is 38.3 Å². The highest BCUT2D eigenvalue weighted by Crippen LogP contribution is 2.23. The van der Waals surface area contributed by atoms with E-state index in [0.717, 1.165) is 23.0 Å². The van der Waals surface area contributed by atoms with Crippen LogP contribution < -0.4 is 5.32 Å². The van der Waals surface area contributed by atoms with Gasteiger partial charge in [0.1, 0.15) is 0 Å². The van der Waals surface area contributed by atoms with Crippen LogP contribution in [0.1, 0.15) is 25.7 Å². The van der Waals surface area contributed by atoms with Gasteiger partial charge in [0.25, 0.3) is 0 Å². The highest BCUT2D eigenvalue weighted by molar-refractivity contribution is 9.11. The maximum absolute atomic E-state index is 11.4. The smallest absolute Gasteiger partial charge is 0.226 e. The van der Waals surface area contributed by atoms with E-state index in [1.165, 1.54) is 11.3 Å². The van der Waals surface area contributed by atoms with Gasteiger partial charge < -0.3 is 5.32 Å². The van der Waals surface area contributed by atoms with Gasteiger partial charge in [-0.1, -0.05) is 11.3 Å². The lowest BCUT2D eigenvalue weighted by Gasteiger charge is -1.99. The van der Waals surface area contributed by atoms with Crippen molar-refractivity contribution in [2.75, 3.05) is 5.32 Å². The van der Waals surface area contributed by atoms with Gasteiger partial charge in [0.2, 0.25) is 5.91 Å². The molecule has 0 aliphatic heterocycles. The Balaban J connectivity index is 2.22. The fraction of sp³-hybridized carbons (Fsp3) is 0.400. The van der Waals surface area contributed by atoms with Crippen molar-refractivity contribution in [3.8, 4) is 12.3 Å². The molecule has 1 aromatic rings. The van der Waals surface area contributed by atoms with Crippen molar-refractivity contribution in [1.29, 1.82) is 0 Å². The molecule has 0 saturated carbocycles. The van der Waals surface area contributed by atoms with Crippen LogP contribution in [0.3, 0.4) is 0 Å². The first-order valence-electron chi connectivity index (χ1n) is 4.57. The number of nitrogens with one attached hydrogen (secondary N) is 1. The van der Waals surface area contributed by atoms with Gasteiger partial charge in [-0.3, -0.25) is 4.79 Å². The maximum Gasteiger partial charge on any atom is 0.226 e. The Morgan fingerprint density at radius 1 is 1.67 bits per heavy atom. The number of hydrogen-bond donors (Lipinski definition) is 1.